The van der Waals surface area contributed by atoms with Crippen molar-refractivity contribution >= 4 is 27.5 Å². The largest absolute Gasteiger partial charge is 0.481 e. The fraction of sp³-hybridized carbons (Fsp3) is 0.414. The maximum atomic E-state index is 13.3. The standard InChI is InChI=1S/C29H30BrClN2O5/c1-36-27-26-23(15-24(31)32-27)38-29(19-7-9-20(30)10-8-19)25(18-5-3-2-4-6-18)21(17-34)22(28(26,29)35)16-33-11-13-37-14-12-33/h2-10,15,21-22,25,34-35H,11-14,16-17H2,1H3. The van der Waals surface area contributed by atoms with Crippen molar-refractivity contribution in [3.63, 3.8) is 0 Å². The number of hydrogen-bond donors (Lipinski definition) is 2. The van der Waals surface area contributed by atoms with Gasteiger partial charge in [-0.15, -0.1) is 0 Å². The minimum absolute atomic E-state index is 0.128. The Bertz CT molecular complexity index is 1310. The predicted molar refractivity (Wildman–Crippen MR) is 147 cm³/mol. The van der Waals surface area contributed by atoms with Gasteiger partial charge < -0.3 is 24.4 Å². The van der Waals surface area contributed by atoms with Crippen LogP contribution in [0.5, 0.6) is 11.6 Å². The molecule has 2 N–H and O–H groups in total. The minimum Gasteiger partial charge on any atom is -0.481 e. The van der Waals surface area contributed by atoms with Crippen LogP contribution in [0.3, 0.4) is 0 Å². The van der Waals surface area contributed by atoms with Crippen LogP contribution in [0.25, 0.3) is 0 Å². The highest BCUT2D eigenvalue weighted by atomic mass is 79.9. The zero-order valence-corrected chi connectivity index (χ0v) is 23.4. The SMILES string of the molecule is COc1nc(Cl)cc2c1C1(O)C(CN3CCOCC3)C(CO)C(c3ccccc3)C1(c1ccc(Br)cc1)O2. The molecule has 1 aromatic heterocycles. The highest BCUT2D eigenvalue weighted by Crippen LogP contribution is 2.71. The summed E-state index contributed by atoms with van der Waals surface area (Å²) in [6.07, 6.45) is 0. The molecule has 3 aromatic rings. The molecule has 6 rings (SSSR count). The van der Waals surface area contributed by atoms with Gasteiger partial charge in [0, 0.05) is 54.5 Å². The number of aliphatic hydroxyl groups excluding tert-OH is 1. The molecule has 7 nitrogen and oxygen atoms in total. The van der Waals surface area contributed by atoms with Crippen molar-refractivity contribution in [3.8, 4) is 11.6 Å². The quantitative estimate of drug-likeness (QED) is 0.407. The smallest absolute Gasteiger partial charge is 0.224 e. The first-order valence-electron chi connectivity index (χ1n) is 12.8. The van der Waals surface area contributed by atoms with Crippen molar-refractivity contribution in [2.24, 2.45) is 11.8 Å². The maximum absolute atomic E-state index is 13.3. The number of halogens is 2. The van der Waals surface area contributed by atoms with Gasteiger partial charge in [0.1, 0.15) is 16.5 Å². The molecule has 2 fully saturated rings. The maximum Gasteiger partial charge on any atom is 0.224 e. The average molecular weight is 602 g/mol. The zero-order chi connectivity index (χ0) is 26.5. The molecule has 0 radical (unpaired) electrons. The van der Waals surface area contributed by atoms with E-state index >= 15 is 0 Å². The number of fused-ring (bicyclic) bond motifs is 3. The number of methoxy groups -OCH3 is 1. The molecule has 2 aromatic carbocycles. The van der Waals surface area contributed by atoms with E-state index in [-0.39, 0.29) is 29.5 Å². The van der Waals surface area contributed by atoms with Gasteiger partial charge in [0.25, 0.3) is 0 Å². The Morgan fingerprint density at radius 3 is 2.50 bits per heavy atom. The lowest BCUT2D eigenvalue weighted by molar-refractivity contribution is -0.135. The number of hydrogen-bond acceptors (Lipinski definition) is 7. The van der Waals surface area contributed by atoms with E-state index in [1.807, 2.05) is 54.6 Å². The van der Waals surface area contributed by atoms with E-state index in [0.717, 1.165) is 28.7 Å². The van der Waals surface area contributed by atoms with Crippen LogP contribution in [0.2, 0.25) is 5.15 Å². The number of pyridine rings is 1. The molecular weight excluding hydrogens is 572 g/mol. The molecule has 0 amide bonds. The van der Waals surface area contributed by atoms with Gasteiger partial charge in [0.05, 0.1) is 25.9 Å². The highest BCUT2D eigenvalue weighted by molar-refractivity contribution is 9.10. The Morgan fingerprint density at radius 1 is 1.13 bits per heavy atom. The van der Waals surface area contributed by atoms with Gasteiger partial charge in [-0.3, -0.25) is 4.90 Å². The van der Waals surface area contributed by atoms with Gasteiger partial charge in [0.2, 0.25) is 5.88 Å². The molecular formula is C29H30BrClN2O5. The van der Waals surface area contributed by atoms with Crippen molar-refractivity contribution < 1.29 is 24.4 Å². The molecule has 38 heavy (non-hydrogen) atoms. The Kier molecular flexibility index (Phi) is 6.91. The summed E-state index contributed by atoms with van der Waals surface area (Å²) in [5.41, 5.74) is -0.618. The van der Waals surface area contributed by atoms with Crippen LogP contribution in [0.4, 0.5) is 0 Å². The van der Waals surface area contributed by atoms with Gasteiger partial charge in [-0.1, -0.05) is 70.0 Å². The van der Waals surface area contributed by atoms with Crippen LogP contribution in [0.1, 0.15) is 22.6 Å². The number of morpholine rings is 1. The summed E-state index contributed by atoms with van der Waals surface area (Å²) in [5, 5.41) is 24.5. The number of ether oxygens (including phenoxy) is 3. The molecule has 0 bridgehead atoms. The first-order chi connectivity index (χ1) is 18.4. The van der Waals surface area contributed by atoms with Crippen molar-refractivity contribution in [2.75, 3.05) is 46.6 Å². The number of nitrogens with zero attached hydrogens (tertiary/aromatic N) is 2. The van der Waals surface area contributed by atoms with Crippen molar-refractivity contribution in [1.82, 2.24) is 9.88 Å². The lowest BCUT2D eigenvalue weighted by atomic mass is 9.70. The van der Waals surface area contributed by atoms with Crippen molar-refractivity contribution in [3.05, 3.63) is 87.0 Å². The van der Waals surface area contributed by atoms with Crippen LogP contribution in [-0.4, -0.2) is 66.7 Å². The Balaban J connectivity index is 1.66. The molecule has 200 valence electrons. The third kappa shape index (κ3) is 3.80. The normalized spacial score (nSPS) is 30.5. The van der Waals surface area contributed by atoms with Gasteiger partial charge in [-0.25, -0.2) is 4.98 Å². The summed E-state index contributed by atoms with van der Waals surface area (Å²) < 4.78 is 19.2. The van der Waals surface area contributed by atoms with Gasteiger partial charge >= 0.3 is 0 Å². The summed E-state index contributed by atoms with van der Waals surface area (Å²) in [4.78, 5) is 6.73. The van der Waals surface area contributed by atoms with E-state index in [2.05, 4.69) is 25.8 Å². The van der Waals surface area contributed by atoms with Crippen molar-refractivity contribution in [2.45, 2.75) is 17.1 Å². The van der Waals surface area contributed by atoms with Gasteiger partial charge in [0.15, 0.2) is 5.60 Å². The van der Waals surface area contributed by atoms with E-state index < -0.39 is 17.1 Å². The van der Waals surface area contributed by atoms with E-state index in [4.69, 9.17) is 25.8 Å². The molecule has 1 saturated carbocycles. The zero-order valence-electron chi connectivity index (χ0n) is 21.0. The molecule has 0 spiro atoms. The predicted octanol–water partition coefficient (Wildman–Crippen LogP) is 4.34. The first kappa shape index (κ1) is 26.0. The molecule has 3 heterocycles. The fourth-order valence-electron chi connectivity index (χ4n) is 6.95. The molecule has 1 aliphatic carbocycles. The molecule has 2 aliphatic heterocycles. The van der Waals surface area contributed by atoms with Crippen LogP contribution in [0.15, 0.2) is 65.1 Å². The van der Waals surface area contributed by atoms with Gasteiger partial charge in [-0.2, -0.15) is 0 Å². The molecule has 9 heteroatoms. The Labute approximate surface area is 235 Å². The average Bonchev–Trinajstić information content (AvgIpc) is 3.31. The highest BCUT2D eigenvalue weighted by Gasteiger charge is 2.76. The Morgan fingerprint density at radius 2 is 1.84 bits per heavy atom. The lowest BCUT2D eigenvalue weighted by Gasteiger charge is -2.42. The first-order valence-corrected chi connectivity index (χ1v) is 14.0. The fourth-order valence-corrected chi connectivity index (χ4v) is 7.39. The summed E-state index contributed by atoms with van der Waals surface area (Å²) in [7, 11) is 1.52. The summed E-state index contributed by atoms with van der Waals surface area (Å²) in [6.45, 7) is 3.16. The molecule has 1 saturated heterocycles. The number of rotatable bonds is 6. The van der Waals surface area contributed by atoms with E-state index in [9.17, 15) is 10.2 Å². The molecule has 5 atom stereocenters. The Hall–Kier alpha value is -2.20. The van der Waals surface area contributed by atoms with Crippen LogP contribution < -0.4 is 9.47 Å². The number of aromatic nitrogens is 1. The van der Waals surface area contributed by atoms with Crippen LogP contribution in [0, 0.1) is 11.8 Å². The summed E-state index contributed by atoms with van der Waals surface area (Å²) in [6, 6.07) is 19.5. The van der Waals surface area contributed by atoms with Gasteiger partial charge in [-0.05, 0) is 23.3 Å². The topological polar surface area (TPSA) is 84.3 Å². The monoisotopic (exact) mass is 600 g/mol. The van der Waals surface area contributed by atoms with Crippen molar-refractivity contribution in [1.29, 1.82) is 0 Å². The van der Waals surface area contributed by atoms with E-state index in [0.29, 0.717) is 31.1 Å². The third-order valence-corrected chi connectivity index (χ3v) is 9.17. The molecule has 3 aliphatic rings. The number of benzene rings is 2. The van der Waals surface area contributed by atoms with Crippen LogP contribution >= 0.6 is 27.5 Å². The second kappa shape index (κ2) is 10.1. The summed E-state index contributed by atoms with van der Waals surface area (Å²) >= 11 is 9.95. The second-order valence-electron chi connectivity index (χ2n) is 10.2. The second-order valence-corrected chi connectivity index (χ2v) is 11.5. The third-order valence-electron chi connectivity index (χ3n) is 8.45. The number of aliphatic hydroxyl groups is 2. The minimum atomic E-state index is -1.59. The van der Waals surface area contributed by atoms with E-state index in [1.165, 1.54) is 7.11 Å². The van der Waals surface area contributed by atoms with E-state index in [1.54, 1.807) is 6.07 Å². The molecule has 5 unspecified atom stereocenters. The lowest BCUT2D eigenvalue weighted by Crippen LogP contribution is -2.53. The summed E-state index contributed by atoms with van der Waals surface area (Å²) in [5.74, 6) is -0.468. The van der Waals surface area contributed by atoms with Crippen LogP contribution in [-0.2, 0) is 15.9 Å².